The van der Waals surface area contributed by atoms with Crippen LogP contribution in [0.3, 0.4) is 0 Å². The lowest BCUT2D eigenvalue weighted by molar-refractivity contribution is -0.141. The number of hydrogen-bond donors (Lipinski definition) is 6. The molecule has 3 saturated heterocycles. The summed E-state index contributed by atoms with van der Waals surface area (Å²) in [5.41, 5.74) is 20.5. The summed E-state index contributed by atoms with van der Waals surface area (Å²) in [5, 5.41) is 33.5. The number of para-hydroxylation sites is 1. The number of β-amino-alcohol motifs (C(OH)–C–C–N with tert-alkyl or cyclic N) is 1. The molecular formula is C51H66N12O5S. The summed E-state index contributed by atoms with van der Waals surface area (Å²) in [4.78, 5) is 42.4. The molecule has 18 heteroatoms. The first-order chi connectivity index (χ1) is 33.3. The number of piperidine rings is 1. The van der Waals surface area contributed by atoms with E-state index in [-0.39, 0.29) is 48.5 Å². The zero-order chi connectivity index (χ0) is 48.3. The number of hydrogen-bond acceptors (Lipinski definition) is 15. The Labute approximate surface area is 408 Å². The number of thiazole rings is 1. The third-order valence-corrected chi connectivity index (χ3v) is 15.6. The SMILES string of the molecule is Cc1ncsc1-c1ccc([C@H](C)NC(=O)[C@@H]2C[C@@H](O)CN2C(=O)[C@@H](c2cc(N3CCN(CCN4CCC(C(C)n5cc(C6=C(N)NNC(c7ccccc7O)=C6)cn5)CC4)CC3)no2)C(C)C)cc1. The number of benzene rings is 2. The minimum absolute atomic E-state index is 0.0817. The van der Waals surface area contributed by atoms with Crippen molar-refractivity contribution in [2.24, 2.45) is 17.6 Å². The number of carbonyl (C=O) groups is 2. The van der Waals surface area contributed by atoms with E-state index >= 15 is 0 Å². The zero-order valence-electron chi connectivity index (χ0n) is 40.2. The second-order valence-electron chi connectivity index (χ2n) is 19.4. The van der Waals surface area contributed by atoms with Gasteiger partial charge in [0.1, 0.15) is 23.5 Å². The van der Waals surface area contributed by atoms with Gasteiger partial charge in [-0.05, 0) is 87.9 Å². The van der Waals surface area contributed by atoms with E-state index in [1.807, 2.05) is 87.9 Å². The van der Waals surface area contributed by atoms with E-state index in [4.69, 9.17) is 15.4 Å². The number of likely N-dealkylation sites (tertiary alicyclic amines) is 2. The van der Waals surface area contributed by atoms with E-state index in [0.29, 0.717) is 28.9 Å². The van der Waals surface area contributed by atoms with Crippen molar-refractivity contribution in [3.63, 3.8) is 0 Å². The molecule has 0 spiro atoms. The van der Waals surface area contributed by atoms with Crippen LogP contribution in [0.25, 0.3) is 21.7 Å². The highest BCUT2D eigenvalue weighted by Crippen LogP contribution is 2.35. The van der Waals surface area contributed by atoms with E-state index in [1.54, 1.807) is 23.5 Å². The van der Waals surface area contributed by atoms with Crippen LogP contribution in [0.4, 0.5) is 5.82 Å². The second-order valence-corrected chi connectivity index (χ2v) is 20.3. The van der Waals surface area contributed by atoms with Gasteiger partial charge in [0.25, 0.3) is 0 Å². The molecule has 2 aromatic carbocycles. The number of nitrogens with zero attached hydrogens (tertiary/aromatic N) is 8. The van der Waals surface area contributed by atoms with Crippen molar-refractivity contribution >= 4 is 40.2 Å². The van der Waals surface area contributed by atoms with Crippen LogP contribution in [0.2, 0.25) is 0 Å². The molecule has 0 bridgehead atoms. The number of phenolic OH excluding ortho intramolecular Hbond substituents is 1. The Morgan fingerprint density at radius 3 is 2.38 bits per heavy atom. The largest absolute Gasteiger partial charge is 0.507 e. The number of phenols is 1. The maximum Gasteiger partial charge on any atom is 0.243 e. The molecule has 0 aliphatic carbocycles. The molecule has 69 heavy (non-hydrogen) atoms. The first-order valence-corrected chi connectivity index (χ1v) is 25.2. The number of aryl methyl sites for hydroxylation is 1. The highest BCUT2D eigenvalue weighted by atomic mass is 32.1. The number of allylic oxidation sites excluding steroid dienone is 2. The van der Waals surface area contributed by atoms with Gasteiger partial charge in [0.2, 0.25) is 11.8 Å². The molecule has 0 saturated carbocycles. The predicted molar refractivity (Wildman–Crippen MR) is 267 cm³/mol. The highest BCUT2D eigenvalue weighted by molar-refractivity contribution is 7.13. The van der Waals surface area contributed by atoms with Crippen molar-refractivity contribution in [2.45, 2.75) is 84.0 Å². The number of nitrogens with two attached hydrogens (primary N) is 1. The maximum atomic E-state index is 14.3. The van der Waals surface area contributed by atoms with Crippen LogP contribution in [0.15, 0.2) is 88.9 Å². The van der Waals surface area contributed by atoms with Crippen molar-refractivity contribution in [3.8, 4) is 16.2 Å². The van der Waals surface area contributed by atoms with E-state index < -0.39 is 18.1 Å². The van der Waals surface area contributed by atoms with Crippen LogP contribution >= 0.6 is 11.3 Å². The minimum Gasteiger partial charge on any atom is -0.507 e. The molecule has 17 nitrogen and oxygen atoms in total. The Kier molecular flexibility index (Phi) is 14.4. The van der Waals surface area contributed by atoms with Gasteiger partial charge >= 0.3 is 0 Å². The van der Waals surface area contributed by atoms with Crippen molar-refractivity contribution in [3.05, 3.63) is 113 Å². The topological polar surface area (TPSA) is 206 Å². The molecule has 3 fully saturated rings. The van der Waals surface area contributed by atoms with E-state index in [2.05, 4.69) is 58.8 Å². The Bertz CT molecular complexity index is 2640. The number of nitrogens with one attached hydrogen (secondary N) is 3. The molecule has 3 aromatic heterocycles. The third-order valence-electron chi connectivity index (χ3n) is 14.6. The molecule has 1 unspecified atom stereocenters. The molecule has 0 radical (unpaired) electrons. The number of aromatic nitrogens is 4. The lowest BCUT2D eigenvalue weighted by Crippen LogP contribution is -2.49. The third kappa shape index (κ3) is 10.5. The molecule has 5 atom stereocenters. The second kappa shape index (κ2) is 20.8. The van der Waals surface area contributed by atoms with Gasteiger partial charge in [-0.2, -0.15) is 5.10 Å². The smallest absolute Gasteiger partial charge is 0.243 e. The molecule has 9 rings (SSSR count). The highest BCUT2D eigenvalue weighted by Gasteiger charge is 2.44. The molecular weight excluding hydrogens is 893 g/mol. The summed E-state index contributed by atoms with van der Waals surface area (Å²) in [5.74, 6) is 1.06. The number of carbonyl (C=O) groups excluding carboxylic acids is 2. The van der Waals surface area contributed by atoms with Crippen molar-refractivity contribution < 1.29 is 24.3 Å². The summed E-state index contributed by atoms with van der Waals surface area (Å²) in [7, 11) is 0. The summed E-state index contributed by atoms with van der Waals surface area (Å²) in [6.07, 6.45) is 7.44. The van der Waals surface area contributed by atoms with Gasteiger partial charge in [0.05, 0.1) is 46.2 Å². The van der Waals surface area contributed by atoms with E-state index in [0.717, 1.165) is 104 Å². The van der Waals surface area contributed by atoms with E-state index in [1.165, 1.54) is 4.90 Å². The number of rotatable bonds is 15. The van der Waals surface area contributed by atoms with Gasteiger partial charge in [0.15, 0.2) is 11.6 Å². The monoisotopic (exact) mass is 958 g/mol. The number of aliphatic hydroxyl groups excluding tert-OH is 1. The van der Waals surface area contributed by atoms with Gasteiger partial charge in [0, 0.05) is 81.2 Å². The number of anilines is 1. The Morgan fingerprint density at radius 1 is 0.957 bits per heavy atom. The standard InChI is InChI=1S/C51H66N12O5S/c1-31(2)47(51(67)62-29-39(64)24-43(62)50(66)55-32(3)35-10-12-37(13-11-35)48-33(4)53-30-69-48)45-26-46(58-68-45)61-22-20-60(21-23-61)19-18-59-16-14-36(15-17-59)34(5)63-28-38(27-54-63)41-25-42(56-57-49(41)52)40-8-6-7-9-44(40)65/h6-13,25-28,30-32,34,36,39,43,47,56-57,64-65H,14-24,29,52H2,1-5H3,(H,55,66)/t32-,34?,39+,43-,47+/m0/s1. The molecule has 5 aromatic rings. The van der Waals surface area contributed by atoms with Crippen LogP contribution in [-0.2, 0) is 9.59 Å². The number of piperazine rings is 1. The van der Waals surface area contributed by atoms with Gasteiger partial charge in [-0.3, -0.25) is 30.0 Å². The van der Waals surface area contributed by atoms with Crippen LogP contribution in [-0.4, -0.2) is 128 Å². The predicted octanol–water partition coefficient (Wildman–Crippen LogP) is 5.46. The van der Waals surface area contributed by atoms with E-state index in [9.17, 15) is 19.8 Å². The molecule has 4 aliphatic heterocycles. The van der Waals surface area contributed by atoms with Crippen LogP contribution in [0, 0.1) is 18.8 Å². The quantitative estimate of drug-likeness (QED) is 0.0772. The Morgan fingerprint density at radius 2 is 1.68 bits per heavy atom. The van der Waals surface area contributed by atoms with Gasteiger partial charge in [-0.15, -0.1) is 11.3 Å². The van der Waals surface area contributed by atoms with Gasteiger partial charge in [-0.1, -0.05) is 55.4 Å². The van der Waals surface area contributed by atoms with Crippen LogP contribution in [0.5, 0.6) is 5.75 Å². The minimum atomic E-state index is -0.803. The van der Waals surface area contributed by atoms with Crippen LogP contribution in [0.1, 0.15) is 93.1 Å². The van der Waals surface area contributed by atoms with Gasteiger partial charge < -0.3 is 40.5 Å². The number of hydrazine groups is 1. The zero-order valence-corrected chi connectivity index (χ0v) is 41.0. The Hall–Kier alpha value is -6.21. The summed E-state index contributed by atoms with van der Waals surface area (Å²) >= 11 is 1.60. The molecule has 7 heterocycles. The average molecular weight is 959 g/mol. The normalized spacial score (nSPS) is 20.9. The van der Waals surface area contributed by atoms with Crippen LogP contribution < -0.4 is 26.8 Å². The first-order valence-electron chi connectivity index (χ1n) is 24.3. The van der Waals surface area contributed by atoms with Crippen molar-refractivity contribution in [1.29, 1.82) is 0 Å². The van der Waals surface area contributed by atoms with Crippen molar-refractivity contribution in [2.75, 3.05) is 63.8 Å². The van der Waals surface area contributed by atoms with Gasteiger partial charge in [-0.25, -0.2) is 4.98 Å². The molecule has 7 N–H and O–H groups in total. The fraction of sp³-hybridized carbons (Fsp3) is 0.471. The lowest BCUT2D eigenvalue weighted by atomic mass is 9.90. The number of aromatic hydroxyl groups is 1. The summed E-state index contributed by atoms with van der Waals surface area (Å²) < 4.78 is 7.98. The fourth-order valence-electron chi connectivity index (χ4n) is 10.3. The lowest BCUT2D eigenvalue weighted by Gasteiger charge is -2.38. The Balaban J connectivity index is 0.731. The molecule has 2 amide bonds. The molecule has 366 valence electrons. The maximum absolute atomic E-state index is 14.3. The molecule has 4 aliphatic rings. The summed E-state index contributed by atoms with van der Waals surface area (Å²) in [6.45, 7) is 17.7. The fourth-order valence-corrected chi connectivity index (χ4v) is 11.1. The first kappa shape index (κ1) is 47.8. The number of amides is 2. The van der Waals surface area contributed by atoms with Crippen molar-refractivity contribution in [1.82, 2.24) is 50.8 Å². The summed E-state index contributed by atoms with van der Waals surface area (Å²) in [6, 6.07) is 16.3. The average Bonchev–Trinajstić information content (AvgIpc) is 4.20. The number of aliphatic hydroxyl groups is 1.